The van der Waals surface area contributed by atoms with Gasteiger partial charge in [-0.25, -0.2) is 8.78 Å². The molecule has 0 bridgehead atoms. The topological polar surface area (TPSA) is 0 Å². The van der Waals surface area contributed by atoms with Crippen molar-refractivity contribution in [2.24, 2.45) is 76.9 Å². The van der Waals surface area contributed by atoms with Crippen molar-refractivity contribution >= 4 is 0 Å². The maximum Gasteiger partial charge on any atom is 0.389 e. The van der Waals surface area contributed by atoms with Gasteiger partial charge in [0.2, 0.25) is 0 Å². The minimum atomic E-state index is -3.98. The lowest BCUT2D eigenvalue weighted by Crippen LogP contribution is -2.12. The lowest BCUT2D eigenvalue weighted by Gasteiger charge is -2.26. The minimum absolute atomic E-state index is 0.130. The molecule has 0 nitrogen and oxygen atoms in total. The summed E-state index contributed by atoms with van der Waals surface area (Å²) >= 11 is 0. The molecule has 3 aliphatic rings. The third-order valence-electron chi connectivity index (χ3n) is 10.0. The van der Waals surface area contributed by atoms with E-state index >= 15 is 0 Å². The minimum Gasteiger partial charge on any atom is -0.207 e. The molecule has 3 rings (SSSR count). The number of hydrogen-bond acceptors (Lipinski definition) is 0. The molecule has 0 aromatic rings. The predicted octanol–water partition coefficient (Wildman–Crippen LogP) is 21.0. The fourth-order valence-corrected chi connectivity index (χ4v) is 5.95. The average molecular weight is 883 g/mol. The smallest absolute Gasteiger partial charge is 0.207 e. The summed E-state index contributed by atoms with van der Waals surface area (Å²) in [6.07, 6.45) is 6.35. The maximum atomic E-state index is 12.2. The van der Waals surface area contributed by atoms with Crippen molar-refractivity contribution < 1.29 is 35.1 Å². The molecule has 0 saturated heterocycles. The fraction of sp³-hybridized carbons (Fsp3) is 1.00. The van der Waals surface area contributed by atoms with Crippen LogP contribution in [0.3, 0.4) is 0 Å². The molecule has 0 aromatic heterocycles. The highest BCUT2D eigenvalue weighted by atomic mass is 19.4. The number of hydrogen-bond donors (Lipinski definition) is 0. The Bertz CT molecular complexity index is 846. The van der Waals surface area contributed by atoms with E-state index in [-0.39, 0.29) is 30.6 Å². The lowest BCUT2D eigenvalue weighted by molar-refractivity contribution is -0.142. The molecule has 8 heteroatoms. The van der Waals surface area contributed by atoms with E-state index in [0.717, 1.165) is 53.3 Å². The van der Waals surface area contributed by atoms with Gasteiger partial charge in [-0.2, -0.15) is 26.3 Å². The van der Waals surface area contributed by atoms with E-state index in [9.17, 15) is 35.1 Å². The summed E-state index contributed by atoms with van der Waals surface area (Å²) in [7, 11) is 0. The molecule has 0 amide bonds. The fourth-order valence-electron chi connectivity index (χ4n) is 5.95. The highest BCUT2D eigenvalue weighted by molar-refractivity contribution is 4.94. The molecular weight excluding hydrogens is 777 g/mol. The first-order valence-corrected chi connectivity index (χ1v) is 24.5. The van der Waals surface area contributed by atoms with Gasteiger partial charge in [-0.15, -0.1) is 0 Å². The Morgan fingerprint density at radius 2 is 0.800 bits per heavy atom. The first-order valence-electron chi connectivity index (χ1n) is 24.5. The van der Waals surface area contributed by atoms with Crippen LogP contribution in [0.4, 0.5) is 35.1 Å². The normalized spacial score (nSPS) is 16.9. The maximum absolute atomic E-state index is 12.2. The van der Waals surface area contributed by atoms with Crippen molar-refractivity contribution in [3.8, 4) is 0 Å². The Kier molecular flexibility index (Phi) is 43.1. The summed E-state index contributed by atoms with van der Waals surface area (Å²) in [5, 5.41) is 0. The standard InChI is InChI=1S/C8H16.C7H12F2.C7H14.C7H16.C6H11F3.2C6H14.C5H9F3/c1-7(2)6-8-4-3-5-8;1-5(2)3-6-4-7(6,8)9;1-6(2)5-7-3-4-7;1-6(2)5-7(3)4;1-5(2)3-4-6(7,8)9;1-5(2)6(3)4;1-4-5-6(2)3;1-4(2)3-5(6,7)8/h7-8H,3-6H2,1-2H3;5-6H,3-4H2,1-2H3;6-7H,3-5H2,1-2H3;6-7H,5H2,1-4H3;5H,3-4H2,1-2H3;5-6H,1-4H3;6H,4-5H2,1-3H3;4H,3H2,1-2H3. The van der Waals surface area contributed by atoms with E-state index < -0.39 is 31.1 Å². The molecule has 0 heterocycles. The zero-order valence-corrected chi connectivity index (χ0v) is 43.6. The van der Waals surface area contributed by atoms with E-state index in [0.29, 0.717) is 12.3 Å². The highest BCUT2D eigenvalue weighted by Crippen LogP contribution is 2.51. The van der Waals surface area contributed by atoms with E-state index in [2.05, 4.69) is 104 Å². The molecule has 3 aliphatic carbocycles. The van der Waals surface area contributed by atoms with Gasteiger partial charge in [0.1, 0.15) is 0 Å². The zero-order valence-electron chi connectivity index (χ0n) is 43.6. The van der Waals surface area contributed by atoms with Gasteiger partial charge in [0, 0.05) is 25.2 Å². The Morgan fingerprint density at radius 3 is 0.867 bits per heavy atom. The molecule has 0 spiro atoms. The van der Waals surface area contributed by atoms with E-state index in [1.165, 1.54) is 64.2 Å². The van der Waals surface area contributed by atoms with Gasteiger partial charge in [0.05, 0.1) is 0 Å². The Balaban J connectivity index is -0.000000193. The first-order chi connectivity index (χ1) is 27.0. The third-order valence-corrected chi connectivity index (χ3v) is 10.0. The quantitative estimate of drug-likeness (QED) is 0.153. The van der Waals surface area contributed by atoms with Gasteiger partial charge >= 0.3 is 12.4 Å². The largest absolute Gasteiger partial charge is 0.389 e. The Hall–Kier alpha value is -0.560. The molecule has 370 valence electrons. The van der Waals surface area contributed by atoms with Crippen LogP contribution >= 0.6 is 0 Å². The van der Waals surface area contributed by atoms with Gasteiger partial charge in [-0.3, -0.25) is 0 Å². The summed E-state index contributed by atoms with van der Waals surface area (Å²) < 4.78 is 92.5. The summed E-state index contributed by atoms with van der Waals surface area (Å²) in [5.74, 6) is 6.14. The molecule has 0 N–H and O–H groups in total. The van der Waals surface area contributed by atoms with Crippen LogP contribution in [0.15, 0.2) is 0 Å². The van der Waals surface area contributed by atoms with Crippen molar-refractivity contribution in [3.63, 3.8) is 0 Å². The van der Waals surface area contributed by atoms with Crippen LogP contribution in [-0.4, -0.2) is 18.3 Å². The molecule has 1 unspecified atom stereocenters. The summed E-state index contributed by atoms with van der Waals surface area (Å²) in [4.78, 5) is 0. The van der Waals surface area contributed by atoms with E-state index in [1.807, 2.05) is 13.8 Å². The predicted molar refractivity (Wildman–Crippen MR) is 251 cm³/mol. The Morgan fingerprint density at radius 1 is 0.450 bits per heavy atom. The van der Waals surface area contributed by atoms with Crippen LogP contribution in [-0.2, 0) is 0 Å². The average Bonchev–Trinajstić information content (AvgIpc) is 3.91. The second-order valence-electron chi connectivity index (χ2n) is 22.2. The SMILES string of the molecule is CC(C)C(C)C.CC(C)CC(C)C.CC(C)CC(F)(F)F.CC(C)CC1CC1.CC(C)CC1CC1(F)F.CC(C)CC1CCC1.CC(C)CCC(F)(F)F.CCCC(C)C. The molecule has 1 atom stereocenters. The summed E-state index contributed by atoms with van der Waals surface area (Å²) in [5.41, 5.74) is 0. The molecule has 0 aliphatic heterocycles. The molecule has 0 aromatic carbocycles. The van der Waals surface area contributed by atoms with Crippen LogP contribution < -0.4 is 0 Å². The highest BCUT2D eigenvalue weighted by Gasteiger charge is 2.56. The second-order valence-corrected chi connectivity index (χ2v) is 22.2. The van der Waals surface area contributed by atoms with Crippen LogP contribution in [0, 0.1) is 76.9 Å². The third kappa shape index (κ3) is 69.1. The van der Waals surface area contributed by atoms with Crippen molar-refractivity contribution in [2.45, 2.75) is 260 Å². The van der Waals surface area contributed by atoms with Crippen LogP contribution in [0.5, 0.6) is 0 Å². The zero-order chi connectivity index (χ0) is 48.6. The van der Waals surface area contributed by atoms with Crippen molar-refractivity contribution in [2.75, 3.05) is 0 Å². The van der Waals surface area contributed by atoms with Gasteiger partial charge in [0.25, 0.3) is 5.92 Å². The number of alkyl halides is 8. The number of halogens is 8. The monoisotopic (exact) mass is 883 g/mol. The van der Waals surface area contributed by atoms with Crippen LogP contribution in [0.2, 0.25) is 0 Å². The van der Waals surface area contributed by atoms with Crippen molar-refractivity contribution in [1.82, 2.24) is 0 Å². The number of rotatable bonds is 14. The van der Waals surface area contributed by atoms with Crippen molar-refractivity contribution in [3.05, 3.63) is 0 Å². The van der Waals surface area contributed by atoms with Gasteiger partial charge in [-0.1, -0.05) is 190 Å². The van der Waals surface area contributed by atoms with E-state index in [1.54, 1.807) is 27.7 Å². The van der Waals surface area contributed by atoms with Gasteiger partial charge in [-0.05, 0) is 103 Å². The van der Waals surface area contributed by atoms with Gasteiger partial charge < -0.3 is 0 Å². The lowest BCUT2D eigenvalue weighted by atomic mass is 9.80. The second kappa shape index (κ2) is 37.8. The summed E-state index contributed by atoms with van der Waals surface area (Å²) in [6.45, 7) is 44.6. The van der Waals surface area contributed by atoms with Crippen molar-refractivity contribution in [1.29, 1.82) is 0 Å². The molecular formula is C52H106F8. The Labute approximate surface area is 371 Å². The van der Waals surface area contributed by atoms with Gasteiger partial charge in [0.15, 0.2) is 0 Å². The summed E-state index contributed by atoms with van der Waals surface area (Å²) in [6, 6.07) is 0. The molecule has 60 heavy (non-hydrogen) atoms. The molecule has 3 saturated carbocycles. The molecule has 0 radical (unpaired) electrons. The van der Waals surface area contributed by atoms with Crippen LogP contribution in [0.25, 0.3) is 0 Å². The molecule has 3 fully saturated rings. The first kappa shape index (κ1) is 68.5. The van der Waals surface area contributed by atoms with Crippen LogP contribution in [0.1, 0.15) is 242 Å². The van der Waals surface area contributed by atoms with E-state index in [4.69, 9.17) is 0 Å².